The summed E-state index contributed by atoms with van der Waals surface area (Å²) in [6.07, 6.45) is 0. The first-order valence-electron chi connectivity index (χ1n) is 5.99. The summed E-state index contributed by atoms with van der Waals surface area (Å²) < 4.78 is 13.7. The third kappa shape index (κ3) is 3.20. The molecule has 0 bridgehead atoms. The van der Waals surface area contributed by atoms with Gasteiger partial charge in [-0.3, -0.25) is 4.79 Å². The van der Waals surface area contributed by atoms with Crippen molar-refractivity contribution in [2.45, 2.75) is 6.92 Å². The van der Waals surface area contributed by atoms with Gasteiger partial charge < -0.3 is 10.4 Å². The van der Waals surface area contributed by atoms with E-state index in [4.69, 9.17) is 16.7 Å². The van der Waals surface area contributed by atoms with Crippen molar-refractivity contribution in [2.24, 2.45) is 0 Å². The number of halogens is 2. The number of para-hydroxylation sites is 1. The highest BCUT2D eigenvalue weighted by molar-refractivity contribution is 6.31. The van der Waals surface area contributed by atoms with E-state index in [0.29, 0.717) is 5.02 Å². The normalized spacial score (nSPS) is 10.2. The van der Waals surface area contributed by atoms with Crippen LogP contribution in [0.5, 0.6) is 0 Å². The lowest BCUT2D eigenvalue weighted by Gasteiger charge is -2.10. The maximum absolute atomic E-state index is 13.7. The van der Waals surface area contributed by atoms with Gasteiger partial charge in [-0.2, -0.15) is 0 Å². The molecule has 0 radical (unpaired) electrons. The van der Waals surface area contributed by atoms with Gasteiger partial charge in [0.2, 0.25) is 0 Å². The lowest BCUT2D eigenvalue weighted by Crippen LogP contribution is -2.16. The Kier molecular flexibility index (Phi) is 4.23. The number of anilines is 1. The highest BCUT2D eigenvalue weighted by Crippen LogP contribution is 2.22. The van der Waals surface area contributed by atoms with Gasteiger partial charge in [0.15, 0.2) is 0 Å². The molecule has 2 aromatic carbocycles. The van der Waals surface area contributed by atoms with E-state index < -0.39 is 17.7 Å². The van der Waals surface area contributed by atoms with Crippen LogP contribution in [-0.4, -0.2) is 17.0 Å². The van der Waals surface area contributed by atoms with Crippen LogP contribution < -0.4 is 5.32 Å². The molecule has 108 valence electrons. The van der Waals surface area contributed by atoms with E-state index in [2.05, 4.69) is 5.32 Å². The van der Waals surface area contributed by atoms with Crippen molar-refractivity contribution in [3.8, 4) is 0 Å². The fourth-order valence-corrected chi connectivity index (χ4v) is 1.93. The second kappa shape index (κ2) is 5.93. The Labute approximate surface area is 125 Å². The zero-order valence-electron chi connectivity index (χ0n) is 11.0. The average molecular weight is 308 g/mol. The minimum Gasteiger partial charge on any atom is -0.478 e. The van der Waals surface area contributed by atoms with Crippen LogP contribution in [0.2, 0.25) is 5.02 Å². The van der Waals surface area contributed by atoms with E-state index in [1.807, 2.05) is 0 Å². The Morgan fingerprint density at radius 1 is 1.24 bits per heavy atom. The van der Waals surface area contributed by atoms with E-state index in [1.54, 1.807) is 13.0 Å². The van der Waals surface area contributed by atoms with Crippen LogP contribution in [0.1, 0.15) is 26.3 Å². The SMILES string of the molecule is Cc1ccc(C(=O)Nc2c(F)cccc2C(=O)O)cc1Cl. The molecule has 2 rings (SSSR count). The highest BCUT2D eigenvalue weighted by Gasteiger charge is 2.17. The third-order valence-corrected chi connectivity index (χ3v) is 3.32. The van der Waals surface area contributed by atoms with Crippen LogP contribution in [0.4, 0.5) is 10.1 Å². The maximum atomic E-state index is 13.7. The number of hydrogen-bond donors (Lipinski definition) is 2. The number of carboxylic acid groups (broad SMARTS) is 1. The quantitative estimate of drug-likeness (QED) is 0.907. The van der Waals surface area contributed by atoms with Crippen molar-refractivity contribution in [1.29, 1.82) is 0 Å². The Morgan fingerprint density at radius 2 is 1.95 bits per heavy atom. The lowest BCUT2D eigenvalue weighted by atomic mass is 10.1. The van der Waals surface area contributed by atoms with Gasteiger partial charge in [0, 0.05) is 10.6 Å². The molecule has 0 spiro atoms. The van der Waals surface area contributed by atoms with Gasteiger partial charge in [-0.05, 0) is 36.8 Å². The molecule has 2 N–H and O–H groups in total. The molecule has 4 nitrogen and oxygen atoms in total. The molecule has 21 heavy (non-hydrogen) atoms. The van der Waals surface area contributed by atoms with Crippen molar-refractivity contribution in [3.63, 3.8) is 0 Å². The van der Waals surface area contributed by atoms with Crippen molar-refractivity contribution in [2.75, 3.05) is 5.32 Å². The number of nitrogens with one attached hydrogen (secondary N) is 1. The Bertz CT molecular complexity index is 731. The largest absolute Gasteiger partial charge is 0.478 e. The molecule has 0 saturated carbocycles. The fourth-order valence-electron chi connectivity index (χ4n) is 1.75. The first-order valence-corrected chi connectivity index (χ1v) is 6.37. The molecule has 0 fully saturated rings. The van der Waals surface area contributed by atoms with Crippen LogP contribution in [0.15, 0.2) is 36.4 Å². The third-order valence-electron chi connectivity index (χ3n) is 2.92. The van der Waals surface area contributed by atoms with Crippen molar-refractivity contribution >= 4 is 29.2 Å². The first kappa shape index (κ1) is 15.0. The molecule has 0 atom stereocenters. The van der Waals surface area contributed by atoms with Crippen LogP contribution in [0, 0.1) is 12.7 Å². The monoisotopic (exact) mass is 307 g/mol. The molecular formula is C15H11ClFNO3. The summed E-state index contributed by atoms with van der Waals surface area (Å²) in [6.45, 7) is 1.78. The summed E-state index contributed by atoms with van der Waals surface area (Å²) in [5.74, 6) is -2.78. The number of carbonyl (C=O) groups excluding carboxylic acids is 1. The van der Waals surface area contributed by atoms with E-state index >= 15 is 0 Å². The van der Waals surface area contributed by atoms with Crippen LogP contribution in [-0.2, 0) is 0 Å². The highest BCUT2D eigenvalue weighted by atomic mass is 35.5. The molecule has 0 unspecified atom stereocenters. The van der Waals surface area contributed by atoms with Crippen molar-refractivity contribution < 1.29 is 19.1 Å². The van der Waals surface area contributed by atoms with Gasteiger partial charge in [-0.1, -0.05) is 23.7 Å². The van der Waals surface area contributed by atoms with E-state index in [9.17, 15) is 14.0 Å². The summed E-state index contributed by atoms with van der Waals surface area (Å²) in [5.41, 5.74) is 0.323. The second-order valence-corrected chi connectivity index (χ2v) is 4.79. The maximum Gasteiger partial charge on any atom is 0.337 e. The minimum atomic E-state index is -1.33. The predicted octanol–water partition coefficient (Wildman–Crippen LogP) is 3.74. The minimum absolute atomic E-state index is 0.213. The van der Waals surface area contributed by atoms with E-state index in [-0.39, 0.29) is 16.8 Å². The smallest absolute Gasteiger partial charge is 0.337 e. The molecule has 0 aromatic heterocycles. The van der Waals surface area contributed by atoms with Gasteiger partial charge in [0.1, 0.15) is 5.82 Å². The van der Waals surface area contributed by atoms with E-state index in [1.165, 1.54) is 24.3 Å². The number of carboxylic acids is 1. The number of carbonyl (C=O) groups is 2. The predicted molar refractivity (Wildman–Crippen MR) is 77.5 cm³/mol. The summed E-state index contributed by atoms with van der Waals surface area (Å²) in [6, 6.07) is 8.16. The van der Waals surface area contributed by atoms with Crippen LogP contribution in [0.3, 0.4) is 0 Å². The first-order chi connectivity index (χ1) is 9.90. The molecule has 0 saturated heterocycles. The average Bonchev–Trinajstić information content (AvgIpc) is 2.43. The molecule has 2 aromatic rings. The number of amides is 1. The zero-order valence-corrected chi connectivity index (χ0v) is 11.7. The summed E-state index contributed by atoms with van der Waals surface area (Å²) >= 11 is 5.93. The fraction of sp³-hybridized carbons (Fsp3) is 0.0667. The number of hydrogen-bond acceptors (Lipinski definition) is 2. The van der Waals surface area contributed by atoms with Gasteiger partial charge >= 0.3 is 5.97 Å². The van der Waals surface area contributed by atoms with Crippen LogP contribution in [0.25, 0.3) is 0 Å². The van der Waals surface area contributed by atoms with Crippen molar-refractivity contribution in [1.82, 2.24) is 0 Å². The zero-order chi connectivity index (χ0) is 15.6. The van der Waals surface area contributed by atoms with Gasteiger partial charge in [-0.25, -0.2) is 9.18 Å². The Morgan fingerprint density at radius 3 is 2.57 bits per heavy atom. The molecule has 0 aliphatic heterocycles. The number of aromatic carboxylic acids is 1. The molecule has 0 heterocycles. The standard InChI is InChI=1S/C15H11ClFNO3/c1-8-5-6-9(7-11(8)16)14(19)18-13-10(15(20)21)3-2-4-12(13)17/h2-7H,1H3,(H,18,19)(H,20,21). The van der Waals surface area contributed by atoms with E-state index in [0.717, 1.165) is 11.6 Å². The Hall–Kier alpha value is -2.40. The number of aryl methyl sites for hydroxylation is 1. The second-order valence-electron chi connectivity index (χ2n) is 4.39. The van der Waals surface area contributed by atoms with Gasteiger partial charge in [0.25, 0.3) is 5.91 Å². The summed E-state index contributed by atoms with van der Waals surface area (Å²) in [5, 5.41) is 11.7. The topological polar surface area (TPSA) is 66.4 Å². The summed E-state index contributed by atoms with van der Waals surface area (Å²) in [7, 11) is 0. The van der Waals surface area contributed by atoms with Gasteiger partial charge in [-0.15, -0.1) is 0 Å². The lowest BCUT2D eigenvalue weighted by molar-refractivity contribution is 0.0697. The van der Waals surface area contributed by atoms with Crippen LogP contribution >= 0.6 is 11.6 Å². The molecule has 0 aliphatic rings. The molecule has 0 aliphatic carbocycles. The number of benzene rings is 2. The Balaban J connectivity index is 2.36. The molecule has 6 heteroatoms. The van der Waals surface area contributed by atoms with Crippen molar-refractivity contribution in [3.05, 3.63) is 63.9 Å². The molecule has 1 amide bonds. The van der Waals surface area contributed by atoms with Gasteiger partial charge in [0.05, 0.1) is 11.3 Å². The summed E-state index contributed by atoms with van der Waals surface area (Å²) in [4.78, 5) is 23.1. The molecular weight excluding hydrogens is 297 g/mol. The number of rotatable bonds is 3.